The molecule has 3 aromatic rings. The zero-order valence-corrected chi connectivity index (χ0v) is 15.2. The van der Waals surface area contributed by atoms with Crippen LogP contribution in [0.2, 0.25) is 0 Å². The van der Waals surface area contributed by atoms with Gasteiger partial charge in [0.2, 0.25) is 0 Å². The van der Waals surface area contributed by atoms with Gasteiger partial charge in [0, 0.05) is 36.5 Å². The fourth-order valence-corrected chi connectivity index (χ4v) is 2.85. The van der Waals surface area contributed by atoms with Crippen molar-refractivity contribution in [2.45, 2.75) is 13.3 Å². The van der Waals surface area contributed by atoms with Crippen molar-refractivity contribution in [2.75, 3.05) is 20.6 Å². The Morgan fingerprint density at radius 1 is 1.15 bits per heavy atom. The van der Waals surface area contributed by atoms with Gasteiger partial charge in [-0.3, -0.25) is 4.98 Å². The molecule has 0 fully saturated rings. The number of pyridine rings is 1. The van der Waals surface area contributed by atoms with Crippen LogP contribution in [-0.4, -0.2) is 51.6 Å². The number of aromatic carboxylic acids is 1. The van der Waals surface area contributed by atoms with Crippen molar-refractivity contribution in [3.05, 3.63) is 59.7 Å². The molecular formula is C20H22N4O2. The number of aromatic nitrogens is 3. The quantitative estimate of drug-likeness (QED) is 0.713. The van der Waals surface area contributed by atoms with Crippen LogP contribution >= 0.6 is 0 Å². The number of imidazole rings is 1. The summed E-state index contributed by atoms with van der Waals surface area (Å²) in [6.45, 7) is 2.76. The monoisotopic (exact) mass is 350 g/mol. The van der Waals surface area contributed by atoms with Crippen molar-refractivity contribution < 1.29 is 9.90 Å². The maximum Gasteiger partial charge on any atom is 0.335 e. The van der Waals surface area contributed by atoms with E-state index in [0.717, 1.165) is 46.9 Å². The lowest BCUT2D eigenvalue weighted by Gasteiger charge is -2.06. The number of hydrogen-bond donors (Lipinski definition) is 2. The van der Waals surface area contributed by atoms with E-state index in [9.17, 15) is 9.90 Å². The van der Waals surface area contributed by atoms with E-state index in [4.69, 9.17) is 4.98 Å². The Labute approximate surface area is 152 Å². The zero-order chi connectivity index (χ0) is 18.7. The Balaban J connectivity index is 2.11. The minimum absolute atomic E-state index is 0.263. The molecule has 26 heavy (non-hydrogen) atoms. The first-order valence-corrected chi connectivity index (χ1v) is 8.43. The second kappa shape index (κ2) is 7.49. The summed E-state index contributed by atoms with van der Waals surface area (Å²) in [6, 6.07) is 9.13. The number of carboxylic acids is 1. The Kier molecular flexibility index (Phi) is 5.14. The molecule has 0 bridgehead atoms. The lowest BCUT2D eigenvalue weighted by Crippen LogP contribution is -2.15. The summed E-state index contributed by atoms with van der Waals surface area (Å²) in [4.78, 5) is 25.8. The third kappa shape index (κ3) is 3.97. The summed E-state index contributed by atoms with van der Waals surface area (Å²) in [6.07, 6.45) is 4.25. The summed E-state index contributed by atoms with van der Waals surface area (Å²) >= 11 is 0. The van der Waals surface area contributed by atoms with Crippen LogP contribution in [0.3, 0.4) is 0 Å². The first-order chi connectivity index (χ1) is 12.4. The summed E-state index contributed by atoms with van der Waals surface area (Å²) < 4.78 is 0. The predicted molar refractivity (Wildman–Crippen MR) is 101 cm³/mol. The summed E-state index contributed by atoms with van der Waals surface area (Å²) in [5.74, 6) is -0.0670. The number of aromatic amines is 1. The van der Waals surface area contributed by atoms with E-state index in [1.165, 1.54) is 0 Å². The smallest absolute Gasteiger partial charge is 0.335 e. The average molecular weight is 350 g/mol. The molecule has 0 saturated heterocycles. The number of carboxylic acid groups (broad SMARTS) is 1. The molecule has 6 heteroatoms. The van der Waals surface area contributed by atoms with Gasteiger partial charge in [0.1, 0.15) is 5.82 Å². The normalized spacial score (nSPS) is 11.1. The van der Waals surface area contributed by atoms with Crippen molar-refractivity contribution in [1.29, 1.82) is 0 Å². The third-order valence-electron chi connectivity index (χ3n) is 4.12. The fraction of sp³-hybridized carbons (Fsp3) is 0.250. The van der Waals surface area contributed by atoms with Crippen LogP contribution in [0.4, 0.5) is 0 Å². The van der Waals surface area contributed by atoms with Crippen molar-refractivity contribution in [2.24, 2.45) is 0 Å². The molecule has 3 rings (SSSR count). The maximum atomic E-state index is 11.4. The van der Waals surface area contributed by atoms with E-state index in [-0.39, 0.29) is 5.56 Å². The summed E-state index contributed by atoms with van der Waals surface area (Å²) in [7, 11) is 4.04. The molecule has 0 aliphatic rings. The zero-order valence-electron chi connectivity index (χ0n) is 15.2. The van der Waals surface area contributed by atoms with Crippen molar-refractivity contribution in [1.82, 2.24) is 19.9 Å². The highest BCUT2D eigenvalue weighted by Crippen LogP contribution is 2.31. The van der Waals surface area contributed by atoms with Crippen LogP contribution < -0.4 is 0 Å². The Bertz CT molecular complexity index is 917. The Morgan fingerprint density at radius 2 is 1.88 bits per heavy atom. The molecule has 2 aromatic heterocycles. The van der Waals surface area contributed by atoms with Crippen LogP contribution in [0.5, 0.6) is 0 Å². The summed E-state index contributed by atoms with van der Waals surface area (Å²) in [5.41, 5.74) is 4.55. The molecule has 0 amide bonds. The highest BCUT2D eigenvalue weighted by molar-refractivity contribution is 5.90. The van der Waals surface area contributed by atoms with Crippen molar-refractivity contribution >= 4 is 5.97 Å². The largest absolute Gasteiger partial charge is 0.478 e. The van der Waals surface area contributed by atoms with Crippen LogP contribution in [-0.2, 0) is 6.42 Å². The van der Waals surface area contributed by atoms with E-state index >= 15 is 0 Å². The number of benzene rings is 1. The molecule has 0 spiro atoms. The number of hydrogen-bond acceptors (Lipinski definition) is 4. The van der Waals surface area contributed by atoms with Crippen molar-refractivity contribution in [3.8, 4) is 22.5 Å². The van der Waals surface area contributed by atoms with E-state index in [0.29, 0.717) is 0 Å². The lowest BCUT2D eigenvalue weighted by molar-refractivity contribution is 0.0697. The molecule has 0 unspecified atom stereocenters. The number of rotatable bonds is 6. The molecule has 134 valence electrons. The minimum atomic E-state index is -0.941. The van der Waals surface area contributed by atoms with E-state index in [1.54, 1.807) is 24.5 Å². The number of likely N-dealkylation sites (N-methyl/N-ethyl adjacent to an activating group) is 1. The van der Waals surface area contributed by atoms with Gasteiger partial charge in [-0.2, -0.15) is 0 Å². The second-order valence-corrected chi connectivity index (χ2v) is 6.59. The van der Waals surface area contributed by atoms with Gasteiger partial charge in [0.05, 0.1) is 17.0 Å². The third-order valence-corrected chi connectivity index (χ3v) is 4.12. The maximum absolute atomic E-state index is 11.4. The van der Waals surface area contributed by atoms with Crippen LogP contribution in [0.15, 0.2) is 42.7 Å². The lowest BCUT2D eigenvalue weighted by atomic mass is 10.0. The topological polar surface area (TPSA) is 82.1 Å². The van der Waals surface area contributed by atoms with Gasteiger partial charge < -0.3 is 15.0 Å². The first-order valence-electron chi connectivity index (χ1n) is 8.43. The molecule has 1 aromatic carbocycles. The SMILES string of the molecule is Cc1cc(C(=O)O)cc(-c2nc(CCN(C)C)[nH]c2-c2ccncc2)c1. The molecule has 0 aliphatic carbocycles. The minimum Gasteiger partial charge on any atom is -0.478 e. The number of H-pyrrole nitrogens is 1. The second-order valence-electron chi connectivity index (χ2n) is 6.59. The molecule has 0 saturated carbocycles. The molecule has 0 atom stereocenters. The molecular weight excluding hydrogens is 328 g/mol. The van der Waals surface area contributed by atoms with Gasteiger partial charge in [-0.1, -0.05) is 0 Å². The van der Waals surface area contributed by atoms with Gasteiger partial charge in [-0.25, -0.2) is 9.78 Å². The molecule has 0 aliphatic heterocycles. The predicted octanol–water partition coefficient (Wildman–Crippen LogP) is 3.25. The van der Waals surface area contributed by atoms with Crippen LogP contribution in [0.1, 0.15) is 21.7 Å². The van der Waals surface area contributed by atoms with Crippen LogP contribution in [0.25, 0.3) is 22.5 Å². The fourth-order valence-electron chi connectivity index (χ4n) is 2.85. The van der Waals surface area contributed by atoms with Gasteiger partial charge in [0.15, 0.2) is 0 Å². The molecule has 2 heterocycles. The van der Waals surface area contributed by atoms with Gasteiger partial charge in [-0.15, -0.1) is 0 Å². The number of aryl methyl sites for hydroxylation is 1. The standard InChI is InChI=1S/C20H22N4O2/c1-13-10-15(12-16(11-13)20(25)26)19-18(14-4-7-21-8-5-14)22-17(23-19)6-9-24(2)3/h4-5,7-8,10-12H,6,9H2,1-3H3,(H,22,23)(H,25,26). The van der Waals surface area contributed by atoms with Crippen LogP contribution in [0, 0.1) is 6.92 Å². The average Bonchev–Trinajstić information content (AvgIpc) is 3.04. The highest BCUT2D eigenvalue weighted by atomic mass is 16.4. The Morgan fingerprint density at radius 3 is 2.54 bits per heavy atom. The van der Waals surface area contributed by atoms with E-state index in [1.807, 2.05) is 39.2 Å². The van der Waals surface area contributed by atoms with E-state index in [2.05, 4.69) is 14.9 Å². The number of nitrogens with zero attached hydrogens (tertiary/aromatic N) is 3. The Hall–Kier alpha value is -2.99. The molecule has 2 N–H and O–H groups in total. The summed E-state index contributed by atoms with van der Waals surface area (Å²) in [5, 5.41) is 9.38. The van der Waals surface area contributed by atoms with E-state index < -0.39 is 5.97 Å². The van der Waals surface area contributed by atoms with Gasteiger partial charge in [-0.05, 0) is 56.9 Å². The van der Waals surface area contributed by atoms with Gasteiger partial charge >= 0.3 is 5.97 Å². The molecule has 0 radical (unpaired) electrons. The van der Waals surface area contributed by atoms with Crippen molar-refractivity contribution in [3.63, 3.8) is 0 Å². The van der Waals surface area contributed by atoms with Gasteiger partial charge in [0.25, 0.3) is 0 Å². The highest BCUT2D eigenvalue weighted by Gasteiger charge is 2.16. The number of carbonyl (C=O) groups is 1. The molecule has 6 nitrogen and oxygen atoms in total. The first kappa shape index (κ1) is 17.8. The number of nitrogens with one attached hydrogen (secondary N) is 1.